The molecule has 0 unspecified atom stereocenters. The monoisotopic (exact) mass is 296 g/mol. The smallest absolute Gasteiger partial charge is 0.253 e. The molecule has 0 radical (unpaired) electrons. The summed E-state index contributed by atoms with van der Waals surface area (Å²) in [7, 11) is 1.61. The van der Waals surface area contributed by atoms with E-state index < -0.39 is 0 Å². The van der Waals surface area contributed by atoms with Gasteiger partial charge in [0.2, 0.25) is 5.56 Å². The number of pyridine rings is 1. The number of benzene rings is 1. The summed E-state index contributed by atoms with van der Waals surface area (Å²) in [6.07, 6.45) is 1.52. The molecule has 6 nitrogen and oxygen atoms in total. The second-order valence-electron chi connectivity index (χ2n) is 5.20. The predicted octanol–water partition coefficient (Wildman–Crippen LogP) is 1.75. The summed E-state index contributed by atoms with van der Waals surface area (Å²) in [5.41, 5.74) is 2.08. The number of hydrogen-bond donors (Lipinski definition) is 2. The van der Waals surface area contributed by atoms with Gasteiger partial charge in [0.15, 0.2) is 0 Å². The summed E-state index contributed by atoms with van der Waals surface area (Å²) < 4.78 is 1.38. The first-order valence-corrected chi connectivity index (χ1v) is 6.97. The summed E-state index contributed by atoms with van der Waals surface area (Å²) >= 11 is 0. The van der Waals surface area contributed by atoms with Crippen molar-refractivity contribution in [2.24, 2.45) is 7.05 Å². The number of H-pyrrole nitrogens is 1. The fourth-order valence-corrected chi connectivity index (χ4v) is 2.25. The molecule has 0 aliphatic carbocycles. The lowest BCUT2D eigenvalue weighted by Crippen LogP contribution is -2.28. The Morgan fingerprint density at radius 1 is 1.27 bits per heavy atom. The highest BCUT2D eigenvalue weighted by molar-refractivity contribution is 5.94. The van der Waals surface area contributed by atoms with E-state index in [0.717, 1.165) is 11.0 Å². The van der Waals surface area contributed by atoms with Gasteiger partial charge in [0.1, 0.15) is 5.82 Å². The number of aromatic nitrogens is 3. The van der Waals surface area contributed by atoms with Crippen molar-refractivity contribution < 1.29 is 4.79 Å². The van der Waals surface area contributed by atoms with Crippen LogP contribution in [-0.4, -0.2) is 20.4 Å². The van der Waals surface area contributed by atoms with Crippen LogP contribution in [0.4, 0.5) is 0 Å². The van der Waals surface area contributed by atoms with E-state index in [1.54, 1.807) is 7.05 Å². The second kappa shape index (κ2) is 5.48. The number of hydrogen-bond acceptors (Lipinski definition) is 3. The minimum absolute atomic E-state index is 0.151. The third-order valence-electron chi connectivity index (χ3n) is 3.51. The highest BCUT2D eigenvalue weighted by Crippen LogP contribution is 2.15. The average molecular weight is 296 g/mol. The molecule has 0 aliphatic heterocycles. The molecule has 0 saturated carbocycles. The van der Waals surface area contributed by atoms with E-state index in [2.05, 4.69) is 15.3 Å². The maximum absolute atomic E-state index is 12.2. The van der Waals surface area contributed by atoms with E-state index in [1.165, 1.54) is 22.9 Å². The zero-order valence-corrected chi connectivity index (χ0v) is 12.3. The van der Waals surface area contributed by atoms with Gasteiger partial charge in [-0.25, -0.2) is 4.98 Å². The Morgan fingerprint density at radius 3 is 2.77 bits per heavy atom. The van der Waals surface area contributed by atoms with Crippen LogP contribution in [0.25, 0.3) is 11.0 Å². The van der Waals surface area contributed by atoms with Gasteiger partial charge in [0.25, 0.3) is 5.91 Å². The summed E-state index contributed by atoms with van der Waals surface area (Å²) in [5.74, 6) is 0.447. The van der Waals surface area contributed by atoms with Crippen molar-refractivity contribution >= 4 is 16.9 Å². The predicted molar refractivity (Wildman–Crippen MR) is 83.7 cm³/mol. The number of carbonyl (C=O) groups is 1. The number of imidazole rings is 1. The molecule has 0 fully saturated rings. The molecule has 0 bridgehead atoms. The molecule has 2 aromatic heterocycles. The van der Waals surface area contributed by atoms with Crippen LogP contribution in [0, 0.1) is 0 Å². The minimum Gasteiger partial charge on any atom is -0.342 e. The molecule has 1 atom stereocenters. The number of aryl methyl sites for hydroxylation is 1. The van der Waals surface area contributed by atoms with Gasteiger partial charge in [0, 0.05) is 19.3 Å². The molecule has 112 valence electrons. The maximum atomic E-state index is 12.2. The Bertz CT molecular complexity index is 861. The molecule has 3 rings (SSSR count). The Balaban J connectivity index is 1.80. The molecular formula is C16H16N4O2. The summed E-state index contributed by atoms with van der Waals surface area (Å²) in [6.45, 7) is 1.86. The Labute approximate surface area is 126 Å². The molecular weight excluding hydrogens is 280 g/mol. The minimum atomic E-state index is -0.267. The van der Waals surface area contributed by atoms with Crippen molar-refractivity contribution in [3.05, 3.63) is 64.3 Å². The van der Waals surface area contributed by atoms with E-state index in [1.807, 2.05) is 31.2 Å². The third kappa shape index (κ3) is 2.63. The molecule has 22 heavy (non-hydrogen) atoms. The van der Waals surface area contributed by atoms with Crippen LogP contribution in [0.5, 0.6) is 0 Å². The van der Waals surface area contributed by atoms with E-state index in [-0.39, 0.29) is 17.5 Å². The average Bonchev–Trinajstić information content (AvgIpc) is 2.94. The van der Waals surface area contributed by atoms with E-state index in [9.17, 15) is 9.59 Å². The first-order valence-electron chi connectivity index (χ1n) is 6.97. The molecule has 2 heterocycles. The van der Waals surface area contributed by atoms with Crippen molar-refractivity contribution in [1.29, 1.82) is 0 Å². The van der Waals surface area contributed by atoms with Gasteiger partial charge in [-0.15, -0.1) is 0 Å². The number of aromatic amines is 1. The molecule has 0 saturated heterocycles. The fourth-order valence-electron chi connectivity index (χ4n) is 2.25. The van der Waals surface area contributed by atoms with Crippen molar-refractivity contribution in [2.75, 3.05) is 0 Å². The topological polar surface area (TPSA) is 79.8 Å². The fraction of sp³-hybridized carbons (Fsp3) is 0.188. The highest BCUT2D eigenvalue weighted by atomic mass is 16.2. The van der Waals surface area contributed by atoms with Gasteiger partial charge in [-0.05, 0) is 25.1 Å². The lowest BCUT2D eigenvalue weighted by Gasteiger charge is -2.11. The molecule has 6 heteroatoms. The standard InChI is InChI=1S/C16H16N4O2/c1-10(15-18-12-5-3-4-6-13(12)19-15)17-16(22)11-7-8-14(21)20(2)9-11/h3-10H,1-2H3,(H,17,22)(H,18,19)/t10-/m0/s1. The normalized spacial score (nSPS) is 12.3. The molecule has 3 aromatic rings. The van der Waals surface area contributed by atoms with Crippen LogP contribution < -0.4 is 10.9 Å². The molecule has 1 aromatic carbocycles. The van der Waals surface area contributed by atoms with Crippen LogP contribution in [0.1, 0.15) is 29.1 Å². The van der Waals surface area contributed by atoms with Crippen LogP contribution in [-0.2, 0) is 7.05 Å². The van der Waals surface area contributed by atoms with Crippen LogP contribution in [0.2, 0.25) is 0 Å². The number of para-hydroxylation sites is 2. The van der Waals surface area contributed by atoms with Gasteiger partial charge in [-0.1, -0.05) is 12.1 Å². The summed E-state index contributed by atoms with van der Waals surface area (Å²) in [4.78, 5) is 31.2. The van der Waals surface area contributed by atoms with Gasteiger partial charge in [-0.3, -0.25) is 9.59 Å². The molecule has 1 amide bonds. The van der Waals surface area contributed by atoms with Gasteiger partial charge >= 0.3 is 0 Å². The van der Waals surface area contributed by atoms with Crippen LogP contribution in [0.3, 0.4) is 0 Å². The lowest BCUT2D eigenvalue weighted by atomic mass is 10.2. The first kappa shape index (κ1) is 14.1. The van der Waals surface area contributed by atoms with Gasteiger partial charge in [0.05, 0.1) is 22.6 Å². The SMILES string of the molecule is C[C@H](NC(=O)c1ccc(=O)n(C)c1)c1nc2ccccc2[nH]1. The van der Waals surface area contributed by atoms with Crippen molar-refractivity contribution in [1.82, 2.24) is 19.9 Å². The number of nitrogens with one attached hydrogen (secondary N) is 2. The van der Waals surface area contributed by atoms with E-state index in [0.29, 0.717) is 11.4 Å². The number of amides is 1. The molecule has 2 N–H and O–H groups in total. The second-order valence-corrected chi connectivity index (χ2v) is 5.20. The van der Waals surface area contributed by atoms with Crippen LogP contribution >= 0.6 is 0 Å². The number of fused-ring (bicyclic) bond motifs is 1. The van der Waals surface area contributed by atoms with E-state index >= 15 is 0 Å². The summed E-state index contributed by atoms with van der Waals surface area (Å²) in [5, 5.41) is 2.87. The number of rotatable bonds is 3. The zero-order chi connectivity index (χ0) is 15.7. The van der Waals surface area contributed by atoms with Crippen molar-refractivity contribution in [3.63, 3.8) is 0 Å². The first-order chi connectivity index (χ1) is 10.5. The van der Waals surface area contributed by atoms with Gasteiger partial charge in [-0.2, -0.15) is 0 Å². The zero-order valence-electron chi connectivity index (χ0n) is 12.3. The summed E-state index contributed by atoms with van der Waals surface area (Å²) in [6, 6.07) is 10.3. The quantitative estimate of drug-likeness (QED) is 0.773. The molecule has 0 aliphatic rings. The molecule has 0 spiro atoms. The highest BCUT2D eigenvalue weighted by Gasteiger charge is 2.15. The third-order valence-corrected chi connectivity index (χ3v) is 3.51. The number of nitrogens with zero attached hydrogens (tertiary/aromatic N) is 2. The lowest BCUT2D eigenvalue weighted by molar-refractivity contribution is 0.0937. The Hall–Kier alpha value is -2.89. The Morgan fingerprint density at radius 2 is 2.05 bits per heavy atom. The van der Waals surface area contributed by atoms with Gasteiger partial charge < -0.3 is 14.9 Å². The van der Waals surface area contributed by atoms with Crippen LogP contribution in [0.15, 0.2) is 47.4 Å². The van der Waals surface area contributed by atoms with Crippen molar-refractivity contribution in [2.45, 2.75) is 13.0 Å². The van der Waals surface area contributed by atoms with E-state index in [4.69, 9.17) is 0 Å². The Kier molecular flexibility index (Phi) is 3.50. The van der Waals surface area contributed by atoms with Crippen molar-refractivity contribution in [3.8, 4) is 0 Å². The number of carbonyl (C=O) groups excluding carboxylic acids is 1. The maximum Gasteiger partial charge on any atom is 0.253 e. The largest absolute Gasteiger partial charge is 0.342 e.